The van der Waals surface area contributed by atoms with Crippen molar-refractivity contribution in [1.82, 2.24) is 5.32 Å². The highest BCUT2D eigenvalue weighted by atomic mass is 79.9. The average molecular weight is 405 g/mol. The molecule has 1 fully saturated rings. The van der Waals surface area contributed by atoms with Crippen LogP contribution in [0.4, 0.5) is 10.1 Å². The normalized spacial score (nSPS) is 16.5. The molecule has 1 aliphatic rings. The van der Waals surface area contributed by atoms with Gasteiger partial charge in [0.15, 0.2) is 5.11 Å². The van der Waals surface area contributed by atoms with Crippen molar-refractivity contribution in [2.45, 2.75) is 0 Å². The molecule has 120 valence electrons. The molecule has 0 saturated carbocycles. The van der Waals surface area contributed by atoms with E-state index in [1.807, 2.05) is 0 Å². The molecule has 0 bridgehead atoms. The van der Waals surface area contributed by atoms with E-state index < -0.39 is 17.6 Å². The molecule has 0 atom stereocenters. The lowest BCUT2D eigenvalue weighted by Gasteiger charge is -2.28. The van der Waals surface area contributed by atoms with Gasteiger partial charge in [0.25, 0.3) is 11.8 Å². The number of anilines is 1. The van der Waals surface area contributed by atoms with Gasteiger partial charge in [-0.3, -0.25) is 19.8 Å². The van der Waals surface area contributed by atoms with Crippen LogP contribution >= 0.6 is 28.1 Å². The van der Waals surface area contributed by atoms with Crippen molar-refractivity contribution in [3.05, 3.63) is 70.0 Å². The fourth-order valence-electron chi connectivity index (χ4n) is 2.21. The summed E-state index contributed by atoms with van der Waals surface area (Å²) >= 11 is 8.40. The monoisotopic (exact) mass is 404 g/mol. The third-order valence-corrected chi connectivity index (χ3v) is 4.18. The number of amides is 2. The molecular weight excluding hydrogens is 395 g/mol. The predicted molar refractivity (Wildman–Crippen MR) is 96.7 cm³/mol. The molecule has 7 heteroatoms. The SMILES string of the molecule is O=C1NC(=S)N(c2ccc(F)cc2)C(=O)/C1=C\c1ccc(Br)cc1. The molecule has 24 heavy (non-hydrogen) atoms. The van der Waals surface area contributed by atoms with E-state index >= 15 is 0 Å². The number of carbonyl (C=O) groups excluding carboxylic acids is 2. The summed E-state index contributed by atoms with van der Waals surface area (Å²) in [5.74, 6) is -1.55. The van der Waals surface area contributed by atoms with Gasteiger partial charge in [0.2, 0.25) is 0 Å². The van der Waals surface area contributed by atoms with Crippen LogP contribution in [0.25, 0.3) is 6.08 Å². The number of benzene rings is 2. The first-order valence-electron chi connectivity index (χ1n) is 6.88. The van der Waals surface area contributed by atoms with Crippen molar-refractivity contribution >= 4 is 56.8 Å². The second-order valence-electron chi connectivity index (χ2n) is 4.99. The zero-order valence-corrected chi connectivity index (χ0v) is 14.5. The zero-order valence-electron chi connectivity index (χ0n) is 12.1. The van der Waals surface area contributed by atoms with Gasteiger partial charge in [0.05, 0.1) is 5.69 Å². The molecule has 0 unspecified atom stereocenters. The first-order chi connectivity index (χ1) is 11.5. The molecule has 1 heterocycles. The number of halogens is 2. The van der Waals surface area contributed by atoms with Gasteiger partial charge in [-0.25, -0.2) is 4.39 Å². The minimum absolute atomic E-state index is 0.0374. The van der Waals surface area contributed by atoms with Gasteiger partial charge in [0, 0.05) is 4.47 Å². The van der Waals surface area contributed by atoms with Gasteiger partial charge in [-0.15, -0.1) is 0 Å². The largest absolute Gasteiger partial charge is 0.298 e. The van der Waals surface area contributed by atoms with Crippen LogP contribution in [0.3, 0.4) is 0 Å². The van der Waals surface area contributed by atoms with E-state index in [2.05, 4.69) is 21.2 Å². The summed E-state index contributed by atoms with van der Waals surface area (Å²) < 4.78 is 14.0. The fourth-order valence-corrected chi connectivity index (χ4v) is 2.75. The Balaban J connectivity index is 1.99. The van der Waals surface area contributed by atoms with Crippen molar-refractivity contribution in [2.24, 2.45) is 0 Å². The van der Waals surface area contributed by atoms with Gasteiger partial charge in [0.1, 0.15) is 11.4 Å². The highest BCUT2D eigenvalue weighted by Crippen LogP contribution is 2.22. The Morgan fingerprint density at radius 2 is 1.67 bits per heavy atom. The Kier molecular flexibility index (Phi) is 4.55. The van der Waals surface area contributed by atoms with Crippen LogP contribution in [0.15, 0.2) is 58.6 Å². The lowest BCUT2D eigenvalue weighted by molar-refractivity contribution is -0.122. The van der Waals surface area contributed by atoms with Crippen molar-refractivity contribution in [3.63, 3.8) is 0 Å². The van der Waals surface area contributed by atoms with Crippen molar-refractivity contribution < 1.29 is 14.0 Å². The van der Waals surface area contributed by atoms with Crippen molar-refractivity contribution in [1.29, 1.82) is 0 Å². The molecule has 1 aliphatic heterocycles. The molecule has 0 aromatic heterocycles. The fraction of sp³-hybridized carbons (Fsp3) is 0. The quantitative estimate of drug-likeness (QED) is 0.473. The second-order valence-corrected chi connectivity index (χ2v) is 6.29. The third kappa shape index (κ3) is 3.27. The number of thiocarbonyl (C=S) groups is 1. The average Bonchev–Trinajstić information content (AvgIpc) is 2.55. The Hall–Kier alpha value is -2.38. The predicted octanol–water partition coefficient (Wildman–Crippen LogP) is 3.42. The Morgan fingerprint density at radius 1 is 1.04 bits per heavy atom. The van der Waals surface area contributed by atoms with Crippen LogP contribution in [-0.2, 0) is 9.59 Å². The minimum Gasteiger partial charge on any atom is -0.298 e. The molecule has 2 amide bonds. The molecular formula is C17H10BrFN2O2S. The van der Waals surface area contributed by atoms with E-state index in [0.717, 1.165) is 4.47 Å². The number of nitrogens with zero attached hydrogens (tertiary/aromatic N) is 1. The van der Waals surface area contributed by atoms with E-state index in [9.17, 15) is 14.0 Å². The van der Waals surface area contributed by atoms with Crippen LogP contribution in [0.1, 0.15) is 5.56 Å². The Bertz CT molecular complexity index is 863. The van der Waals surface area contributed by atoms with E-state index in [-0.39, 0.29) is 10.7 Å². The minimum atomic E-state index is -0.564. The molecule has 3 rings (SSSR count). The maximum atomic E-state index is 13.1. The molecule has 0 aliphatic carbocycles. The lowest BCUT2D eigenvalue weighted by atomic mass is 10.1. The standard InChI is InChI=1S/C17H10BrFN2O2S/c18-11-3-1-10(2-4-11)9-14-15(22)20-17(24)21(16(14)23)13-7-5-12(19)6-8-13/h1-9H,(H,20,22,24)/b14-9-. The smallest absolute Gasteiger partial charge is 0.270 e. The first-order valence-corrected chi connectivity index (χ1v) is 8.08. The zero-order chi connectivity index (χ0) is 17.3. The van der Waals surface area contributed by atoms with Gasteiger partial charge >= 0.3 is 0 Å². The summed E-state index contributed by atoms with van der Waals surface area (Å²) in [6, 6.07) is 12.4. The van der Waals surface area contributed by atoms with E-state index in [0.29, 0.717) is 11.3 Å². The molecule has 2 aromatic rings. The summed E-state index contributed by atoms with van der Waals surface area (Å²) in [5, 5.41) is 2.44. The number of nitrogens with one attached hydrogen (secondary N) is 1. The Morgan fingerprint density at radius 3 is 2.29 bits per heavy atom. The van der Waals surface area contributed by atoms with Crippen LogP contribution in [0, 0.1) is 5.82 Å². The van der Waals surface area contributed by atoms with E-state index in [1.165, 1.54) is 35.2 Å². The first kappa shape index (κ1) is 16.5. The molecule has 1 N–H and O–H groups in total. The summed E-state index contributed by atoms with van der Waals surface area (Å²) in [4.78, 5) is 26.0. The molecule has 2 aromatic carbocycles. The summed E-state index contributed by atoms with van der Waals surface area (Å²) in [7, 11) is 0. The molecule has 0 radical (unpaired) electrons. The maximum Gasteiger partial charge on any atom is 0.270 e. The van der Waals surface area contributed by atoms with Gasteiger partial charge < -0.3 is 0 Å². The van der Waals surface area contributed by atoms with Gasteiger partial charge in [-0.1, -0.05) is 28.1 Å². The highest BCUT2D eigenvalue weighted by Gasteiger charge is 2.34. The maximum absolute atomic E-state index is 13.1. The van der Waals surface area contributed by atoms with Crippen LogP contribution in [0.5, 0.6) is 0 Å². The summed E-state index contributed by atoms with van der Waals surface area (Å²) in [6.07, 6.45) is 1.49. The molecule has 4 nitrogen and oxygen atoms in total. The lowest BCUT2D eigenvalue weighted by Crippen LogP contribution is -2.54. The van der Waals surface area contributed by atoms with E-state index in [4.69, 9.17) is 12.2 Å². The molecule has 1 saturated heterocycles. The summed E-state index contributed by atoms with van der Waals surface area (Å²) in [6.45, 7) is 0. The van der Waals surface area contributed by atoms with E-state index in [1.54, 1.807) is 24.3 Å². The number of carbonyl (C=O) groups is 2. The van der Waals surface area contributed by atoms with Crippen molar-refractivity contribution in [3.8, 4) is 0 Å². The molecule has 0 spiro atoms. The number of hydrogen-bond acceptors (Lipinski definition) is 3. The number of hydrogen-bond donors (Lipinski definition) is 1. The van der Waals surface area contributed by atoms with Crippen molar-refractivity contribution in [2.75, 3.05) is 4.90 Å². The summed E-state index contributed by atoms with van der Waals surface area (Å²) in [5.41, 5.74) is 1.03. The number of rotatable bonds is 2. The van der Waals surface area contributed by atoms with Crippen LogP contribution in [-0.4, -0.2) is 16.9 Å². The van der Waals surface area contributed by atoms with Gasteiger partial charge in [-0.2, -0.15) is 0 Å². The second kappa shape index (κ2) is 6.62. The van der Waals surface area contributed by atoms with Crippen LogP contribution < -0.4 is 10.2 Å². The topological polar surface area (TPSA) is 49.4 Å². The van der Waals surface area contributed by atoms with Gasteiger partial charge in [-0.05, 0) is 60.3 Å². The third-order valence-electron chi connectivity index (χ3n) is 3.37. The van der Waals surface area contributed by atoms with Crippen LogP contribution in [0.2, 0.25) is 0 Å². The Labute approximate surface area is 151 Å². The highest BCUT2D eigenvalue weighted by molar-refractivity contribution is 9.10.